The lowest BCUT2D eigenvalue weighted by Gasteiger charge is -2.38. The van der Waals surface area contributed by atoms with Crippen molar-refractivity contribution in [1.82, 2.24) is 9.88 Å². The van der Waals surface area contributed by atoms with E-state index in [9.17, 15) is 0 Å². The standard InChI is InChI=1S/C14H21N3.C2H6/c1-16-9-2-5-14(11-16)6-10-17(12-14)13-3-7-15-8-4-13;1-2/h3-4,7-8H,2,5-6,9-12H2,1H3;1-2H3. The molecule has 0 saturated carbocycles. The van der Waals surface area contributed by atoms with Crippen LogP contribution in [-0.2, 0) is 0 Å². The molecule has 2 saturated heterocycles. The van der Waals surface area contributed by atoms with E-state index in [2.05, 4.69) is 34.0 Å². The highest BCUT2D eigenvalue weighted by Gasteiger charge is 2.40. The lowest BCUT2D eigenvalue weighted by atomic mass is 9.79. The summed E-state index contributed by atoms with van der Waals surface area (Å²) in [4.78, 5) is 9.13. The molecule has 2 aliphatic rings. The van der Waals surface area contributed by atoms with Crippen molar-refractivity contribution in [1.29, 1.82) is 0 Å². The van der Waals surface area contributed by atoms with Crippen molar-refractivity contribution in [3.8, 4) is 0 Å². The molecule has 0 bridgehead atoms. The molecule has 106 valence electrons. The van der Waals surface area contributed by atoms with Crippen LogP contribution < -0.4 is 4.90 Å². The number of rotatable bonds is 1. The Morgan fingerprint density at radius 1 is 1.05 bits per heavy atom. The molecular weight excluding hydrogens is 234 g/mol. The largest absolute Gasteiger partial charge is 0.371 e. The molecule has 3 heterocycles. The number of aromatic nitrogens is 1. The van der Waals surface area contributed by atoms with Crippen LogP contribution in [0.15, 0.2) is 24.5 Å². The first-order valence-electron chi connectivity index (χ1n) is 7.61. The summed E-state index contributed by atoms with van der Waals surface area (Å²) in [5, 5.41) is 0. The first kappa shape index (κ1) is 14.3. The van der Waals surface area contributed by atoms with E-state index < -0.39 is 0 Å². The van der Waals surface area contributed by atoms with Gasteiger partial charge in [0.15, 0.2) is 0 Å². The van der Waals surface area contributed by atoms with Gasteiger partial charge >= 0.3 is 0 Å². The van der Waals surface area contributed by atoms with Crippen molar-refractivity contribution in [3.63, 3.8) is 0 Å². The SMILES string of the molecule is CC.CN1CCCC2(CCN(c3ccncc3)C2)C1. The molecule has 1 aromatic rings. The molecule has 0 N–H and O–H groups in total. The van der Waals surface area contributed by atoms with Crippen molar-refractivity contribution < 1.29 is 0 Å². The van der Waals surface area contributed by atoms with Crippen molar-refractivity contribution in [2.75, 3.05) is 38.1 Å². The van der Waals surface area contributed by atoms with Crippen LogP contribution in [0.1, 0.15) is 33.1 Å². The van der Waals surface area contributed by atoms with E-state index in [4.69, 9.17) is 0 Å². The molecule has 3 heteroatoms. The first-order chi connectivity index (χ1) is 9.27. The summed E-state index contributed by atoms with van der Waals surface area (Å²) in [5.74, 6) is 0. The number of pyridine rings is 1. The highest BCUT2D eigenvalue weighted by molar-refractivity contribution is 5.46. The van der Waals surface area contributed by atoms with E-state index >= 15 is 0 Å². The summed E-state index contributed by atoms with van der Waals surface area (Å²) in [5.41, 5.74) is 1.89. The van der Waals surface area contributed by atoms with Crippen LogP contribution >= 0.6 is 0 Å². The van der Waals surface area contributed by atoms with Gasteiger partial charge in [0.2, 0.25) is 0 Å². The third kappa shape index (κ3) is 3.27. The fourth-order valence-electron chi connectivity index (χ4n) is 3.50. The molecule has 0 radical (unpaired) electrons. The highest BCUT2D eigenvalue weighted by Crippen LogP contribution is 2.39. The third-order valence-corrected chi connectivity index (χ3v) is 4.32. The molecule has 0 amide bonds. The molecule has 1 unspecified atom stereocenters. The smallest absolute Gasteiger partial charge is 0.0397 e. The van der Waals surface area contributed by atoms with Gasteiger partial charge in [-0.05, 0) is 45.0 Å². The number of anilines is 1. The topological polar surface area (TPSA) is 19.4 Å². The molecule has 19 heavy (non-hydrogen) atoms. The fourth-order valence-corrected chi connectivity index (χ4v) is 3.50. The normalized spacial score (nSPS) is 27.2. The zero-order chi connectivity index (χ0) is 13.7. The Bertz CT molecular complexity index is 379. The van der Waals surface area contributed by atoms with Crippen LogP contribution in [0.4, 0.5) is 5.69 Å². The van der Waals surface area contributed by atoms with E-state index in [1.807, 2.05) is 26.2 Å². The van der Waals surface area contributed by atoms with Crippen molar-refractivity contribution in [2.24, 2.45) is 5.41 Å². The van der Waals surface area contributed by atoms with Crippen LogP contribution in [0.5, 0.6) is 0 Å². The van der Waals surface area contributed by atoms with Gasteiger partial charge in [-0.15, -0.1) is 0 Å². The zero-order valence-electron chi connectivity index (χ0n) is 12.6. The molecule has 1 atom stereocenters. The van der Waals surface area contributed by atoms with Gasteiger partial charge in [0.05, 0.1) is 0 Å². The monoisotopic (exact) mass is 261 g/mol. The Labute approximate surface area is 117 Å². The number of likely N-dealkylation sites (tertiary alicyclic amines) is 1. The molecule has 1 spiro atoms. The molecule has 2 fully saturated rings. The predicted molar refractivity (Wildman–Crippen MR) is 81.6 cm³/mol. The van der Waals surface area contributed by atoms with E-state index in [0.29, 0.717) is 5.41 Å². The maximum Gasteiger partial charge on any atom is 0.0397 e. The second-order valence-electron chi connectivity index (χ2n) is 5.72. The number of hydrogen-bond donors (Lipinski definition) is 0. The average molecular weight is 261 g/mol. The lowest BCUT2D eigenvalue weighted by Crippen LogP contribution is -2.42. The van der Waals surface area contributed by atoms with Gasteiger partial charge in [-0.1, -0.05) is 13.8 Å². The van der Waals surface area contributed by atoms with E-state index in [1.54, 1.807) is 0 Å². The molecule has 3 nitrogen and oxygen atoms in total. The van der Waals surface area contributed by atoms with Crippen LogP contribution in [0.3, 0.4) is 0 Å². The zero-order valence-corrected chi connectivity index (χ0v) is 12.6. The lowest BCUT2D eigenvalue weighted by molar-refractivity contribution is 0.128. The van der Waals surface area contributed by atoms with Crippen LogP contribution in [0.25, 0.3) is 0 Å². The summed E-state index contributed by atoms with van der Waals surface area (Å²) in [6.07, 6.45) is 7.90. The Morgan fingerprint density at radius 3 is 2.47 bits per heavy atom. The van der Waals surface area contributed by atoms with Gasteiger partial charge in [0, 0.05) is 43.1 Å². The fraction of sp³-hybridized carbons (Fsp3) is 0.688. The molecule has 2 aliphatic heterocycles. The van der Waals surface area contributed by atoms with Gasteiger partial charge in [-0.3, -0.25) is 4.98 Å². The summed E-state index contributed by atoms with van der Waals surface area (Å²) >= 11 is 0. The maximum absolute atomic E-state index is 4.10. The van der Waals surface area contributed by atoms with E-state index in [0.717, 1.165) is 0 Å². The van der Waals surface area contributed by atoms with Crippen LogP contribution in [0.2, 0.25) is 0 Å². The number of nitrogens with zero attached hydrogens (tertiary/aromatic N) is 3. The summed E-state index contributed by atoms with van der Waals surface area (Å²) in [7, 11) is 2.26. The first-order valence-corrected chi connectivity index (χ1v) is 7.61. The highest BCUT2D eigenvalue weighted by atomic mass is 15.2. The van der Waals surface area contributed by atoms with Gasteiger partial charge in [-0.25, -0.2) is 0 Å². The minimum atomic E-state index is 0.552. The molecule has 0 aromatic carbocycles. The Hall–Kier alpha value is -1.09. The van der Waals surface area contributed by atoms with Gasteiger partial charge in [-0.2, -0.15) is 0 Å². The predicted octanol–water partition coefficient (Wildman–Crippen LogP) is 3.03. The minimum absolute atomic E-state index is 0.552. The van der Waals surface area contributed by atoms with Crippen molar-refractivity contribution >= 4 is 5.69 Å². The Balaban J connectivity index is 0.000000637. The summed E-state index contributed by atoms with van der Waals surface area (Å²) < 4.78 is 0. The van der Waals surface area contributed by atoms with E-state index in [1.165, 1.54) is 51.1 Å². The number of piperidine rings is 1. The van der Waals surface area contributed by atoms with Crippen molar-refractivity contribution in [3.05, 3.63) is 24.5 Å². The summed E-state index contributed by atoms with van der Waals surface area (Å²) in [6.45, 7) is 8.98. The maximum atomic E-state index is 4.10. The second-order valence-corrected chi connectivity index (χ2v) is 5.72. The van der Waals surface area contributed by atoms with Crippen molar-refractivity contribution in [2.45, 2.75) is 33.1 Å². The number of hydrogen-bond acceptors (Lipinski definition) is 3. The van der Waals surface area contributed by atoms with Gasteiger partial charge in [0.1, 0.15) is 0 Å². The van der Waals surface area contributed by atoms with Crippen LogP contribution in [0, 0.1) is 5.41 Å². The minimum Gasteiger partial charge on any atom is -0.371 e. The quantitative estimate of drug-likeness (QED) is 0.774. The molecule has 0 aliphatic carbocycles. The Morgan fingerprint density at radius 2 is 1.79 bits per heavy atom. The summed E-state index contributed by atoms with van der Waals surface area (Å²) in [6, 6.07) is 4.26. The van der Waals surface area contributed by atoms with Gasteiger partial charge in [0.25, 0.3) is 0 Å². The third-order valence-electron chi connectivity index (χ3n) is 4.32. The Kier molecular flexibility index (Phi) is 4.81. The van der Waals surface area contributed by atoms with E-state index in [-0.39, 0.29) is 0 Å². The molecule has 3 rings (SSSR count). The molecular formula is C16H27N3. The van der Waals surface area contributed by atoms with Crippen LogP contribution in [-0.4, -0.2) is 43.1 Å². The molecule has 1 aromatic heterocycles. The second kappa shape index (κ2) is 6.38. The van der Waals surface area contributed by atoms with Gasteiger partial charge < -0.3 is 9.80 Å². The average Bonchev–Trinajstić information content (AvgIpc) is 2.85.